The zero-order chi connectivity index (χ0) is 8.97. The highest BCUT2D eigenvalue weighted by molar-refractivity contribution is 7.98. The van der Waals surface area contributed by atoms with Crippen molar-refractivity contribution in [2.24, 2.45) is 0 Å². The van der Waals surface area contributed by atoms with E-state index in [4.69, 9.17) is 4.84 Å². The van der Waals surface area contributed by atoms with Gasteiger partial charge in [-0.05, 0) is 12.8 Å². The van der Waals surface area contributed by atoms with Gasteiger partial charge in [-0.2, -0.15) is 4.84 Å². The molecule has 0 saturated heterocycles. The summed E-state index contributed by atoms with van der Waals surface area (Å²) in [4.78, 5) is 5.16. The molecule has 1 aliphatic carbocycles. The smallest absolute Gasteiger partial charge is 0.205 e. The second-order valence-electron chi connectivity index (χ2n) is 3.07. The van der Waals surface area contributed by atoms with E-state index in [1.165, 1.54) is 19.3 Å². The lowest BCUT2D eigenvalue weighted by molar-refractivity contribution is -1.05. The molecule has 0 aromatic rings. The van der Waals surface area contributed by atoms with E-state index < -0.39 is 4.71 Å². The van der Waals surface area contributed by atoms with Crippen molar-refractivity contribution in [2.45, 2.75) is 42.9 Å². The van der Waals surface area contributed by atoms with Crippen LogP contribution in [0.25, 0.3) is 0 Å². The van der Waals surface area contributed by atoms with Crippen molar-refractivity contribution in [1.82, 2.24) is 0 Å². The maximum Gasteiger partial charge on any atom is 0.205 e. The third-order valence-corrected chi connectivity index (χ3v) is 2.47. The Kier molecular flexibility index (Phi) is 4.74. The van der Waals surface area contributed by atoms with Crippen LogP contribution >= 0.6 is 25.3 Å². The molecule has 1 unspecified atom stereocenters. The van der Waals surface area contributed by atoms with E-state index in [0.717, 1.165) is 12.8 Å². The number of thiol groups is 2. The van der Waals surface area contributed by atoms with E-state index in [1.807, 2.05) is 0 Å². The van der Waals surface area contributed by atoms with Crippen LogP contribution in [-0.2, 0) is 4.84 Å². The zero-order valence-corrected chi connectivity index (χ0v) is 8.69. The lowest BCUT2D eigenvalue weighted by atomic mass is 9.98. The molecular weight excluding hydrogens is 194 g/mol. The molecule has 72 valence electrons. The molecule has 1 atom stereocenters. The molecule has 12 heavy (non-hydrogen) atoms. The van der Waals surface area contributed by atoms with E-state index in [1.54, 1.807) is 0 Å². The summed E-state index contributed by atoms with van der Waals surface area (Å²) in [6.07, 6.45) is 5.72. The van der Waals surface area contributed by atoms with Gasteiger partial charge in [0.05, 0.1) is 0 Å². The van der Waals surface area contributed by atoms with Gasteiger partial charge in [0.2, 0.25) is 4.71 Å². The van der Waals surface area contributed by atoms with E-state index in [9.17, 15) is 5.21 Å². The molecule has 5 heteroatoms. The Morgan fingerprint density at radius 2 is 1.83 bits per heavy atom. The molecule has 0 aromatic heterocycles. The van der Waals surface area contributed by atoms with Crippen molar-refractivity contribution < 1.29 is 10.1 Å². The van der Waals surface area contributed by atoms with Gasteiger partial charge < -0.3 is 5.21 Å². The summed E-state index contributed by atoms with van der Waals surface area (Å²) in [6, 6.07) is 0. The molecule has 1 fully saturated rings. The molecule has 0 aliphatic heterocycles. The van der Waals surface area contributed by atoms with E-state index in [2.05, 4.69) is 25.3 Å². The first-order valence-corrected chi connectivity index (χ1v) is 5.30. The summed E-state index contributed by atoms with van der Waals surface area (Å²) in [5, 5.41) is 10.7. The second kappa shape index (κ2) is 5.34. The summed E-state index contributed by atoms with van der Waals surface area (Å²) in [5.41, 5.74) is 0. The van der Waals surface area contributed by atoms with Gasteiger partial charge in [0.25, 0.3) is 0 Å². The molecule has 0 amide bonds. The third-order valence-electron chi connectivity index (χ3n) is 2.05. The zero-order valence-electron chi connectivity index (χ0n) is 6.90. The number of hydroxylamine groups is 2. The Morgan fingerprint density at radius 3 is 2.33 bits per heavy atom. The molecule has 1 rings (SSSR count). The van der Waals surface area contributed by atoms with E-state index >= 15 is 0 Å². The minimum Gasteiger partial charge on any atom is -0.598 e. The quantitative estimate of drug-likeness (QED) is 0.365. The summed E-state index contributed by atoms with van der Waals surface area (Å²) in [7, 11) is 0. The highest BCUT2D eigenvalue weighted by atomic mass is 32.2. The lowest BCUT2D eigenvalue weighted by Gasteiger charge is -2.29. The van der Waals surface area contributed by atoms with Crippen molar-refractivity contribution in [1.29, 1.82) is 0 Å². The molecule has 0 aromatic carbocycles. The number of nitrogens with one attached hydrogen (secondary N) is 1. The Hall–Kier alpha value is 0.580. The Labute approximate surface area is 83.8 Å². The molecule has 1 N–H and O–H groups in total. The van der Waals surface area contributed by atoms with Crippen LogP contribution in [-0.4, -0.2) is 10.8 Å². The fourth-order valence-electron chi connectivity index (χ4n) is 1.41. The van der Waals surface area contributed by atoms with Gasteiger partial charge in [0.1, 0.15) is 6.10 Å². The summed E-state index contributed by atoms with van der Waals surface area (Å²) >= 11 is 7.76. The average molecular weight is 209 g/mol. The minimum atomic E-state index is -0.591. The van der Waals surface area contributed by atoms with Gasteiger partial charge in [-0.1, -0.05) is 19.3 Å². The van der Waals surface area contributed by atoms with Crippen molar-refractivity contribution in [3.8, 4) is 0 Å². The standard InChI is InChI=1S/C7H15NO2S2/c9-8(7(11)12)10-6-4-2-1-3-5-6/h6-8,11-12H,1-5H2. The fourth-order valence-corrected chi connectivity index (χ4v) is 1.53. The monoisotopic (exact) mass is 209 g/mol. The van der Waals surface area contributed by atoms with Gasteiger partial charge in [0.15, 0.2) is 0 Å². The molecule has 0 spiro atoms. The first-order valence-electron chi connectivity index (χ1n) is 4.27. The number of quaternary nitrogens is 1. The van der Waals surface area contributed by atoms with Crippen LogP contribution in [0, 0.1) is 5.21 Å². The van der Waals surface area contributed by atoms with Crippen LogP contribution in [0.4, 0.5) is 0 Å². The largest absolute Gasteiger partial charge is 0.598 e. The van der Waals surface area contributed by atoms with E-state index in [0.29, 0.717) is 0 Å². The van der Waals surface area contributed by atoms with Crippen LogP contribution in [0.5, 0.6) is 0 Å². The molecule has 1 aliphatic rings. The van der Waals surface area contributed by atoms with Gasteiger partial charge in [-0.15, -0.1) is 25.3 Å². The van der Waals surface area contributed by atoms with Crippen LogP contribution in [0.2, 0.25) is 0 Å². The first-order chi connectivity index (χ1) is 5.70. The number of hydrogen-bond donors (Lipinski definition) is 3. The molecule has 0 heterocycles. The molecule has 3 nitrogen and oxygen atoms in total. The van der Waals surface area contributed by atoms with Crippen LogP contribution in [0.15, 0.2) is 0 Å². The topological polar surface area (TPSA) is 36.7 Å². The predicted molar refractivity (Wildman–Crippen MR) is 54.0 cm³/mol. The average Bonchev–Trinajstić information content (AvgIpc) is 2.06. The van der Waals surface area contributed by atoms with Crippen molar-refractivity contribution in [3.63, 3.8) is 0 Å². The maximum absolute atomic E-state index is 11.0. The highest BCUT2D eigenvalue weighted by Gasteiger charge is 2.18. The van der Waals surface area contributed by atoms with Crippen LogP contribution in [0.3, 0.4) is 0 Å². The SMILES string of the molecule is [O-][NH+](OC1CCCCC1)C(S)S. The molecule has 0 bridgehead atoms. The van der Waals surface area contributed by atoms with Gasteiger partial charge >= 0.3 is 0 Å². The second-order valence-corrected chi connectivity index (χ2v) is 4.51. The van der Waals surface area contributed by atoms with Crippen molar-refractivity contribution >= 4 is 25.3 Å². The molecule has 0 radical (unpaired) electrons. The summed E-state index contributed by atoms with van der Waals surface area (Å²) < 4.78 is -0.591. The van der Waals surface area contributed by atoms with Crippen LogP contribution < -0.4 is 5.23 Å². The Bertz CT molecular complexity index is 129. The van der Waals surface area contributed by atoms with E-state index in [-0.39, 0.29) is 11.3 Å². The Balaban J connectivity index is 2.20. The van der Waals surface area contributed by atoms with Gasteiger partial charge in [-0.3, -0.25) is 0 Å². The highest BCUT2D eigenvalue weighted by Crippen LogP contribution is 2.18. The van der Waals surface area contributed by atoms with Gasteiger partial charge in [-0.25, -0.2) is 5.23 Å². The lowest BCUT2D eigenvalue weighted by Crippen LogP contribution is -3.09. The van der Waals surface area contributed by atoms with Crippen LogP contribution in [0.1, 0.15) is 32.1 Å². The summed E-state index contributed by atoms with van der Waals surface area (Å²) in [5.74, 6) is 0. The van der Waals surface area contributed by atoms with Crippen molar-refractivity contribution in [3.05, 3.63) is 5.21 Å². The minimum absolute atomic E-state index is 0.119. The Morgan fingerprint density at radius 1 is 1.25 bits per heavy atom. The normalized spacial score (nSPS) is 23.0. The molecular formula is C7H15NO2S2. The van der Waals surface area contributed by atoms with Crippen molar-refractivity contribution in [2.75, 3.05) is 0 Å². The first kappa shape index (κ1) is 10.7. The third kappa shape index (κ3) is 3.53. The maximum atomic E-state index is 11.0. The number of hydrogen-bond acceptors (Lipinski definition) is 4. The fraction of sp³-hybridized carbons (Fsp3) is 1.00. The number of rotatable bonds is 3. The predicted octanol–water partition coefficient (Wildman–Crippen LogP) is 0.777. The summed E-state index contributed by atoms with van der Waals surface area (Å²) in [6.45, 7) is 0. The van der Waals surface area contributed by atoms with Gasteiger partial charge in [0, 0.05) is 0 Å². The molecule has 1 saturated carbocycles.